The lowest BCUT2D eigenvalue weighted by Gasteiger charge is -2.10. The molecule has 0 N–H and O–H groups in total. The van der Waals surface area contributed by atoms with E-state index in [1.165, 1.54) is 0 Å². The average molecular weight is 477 g/mol. The third-order valence-electron chi connectivity index (χ3n) is 3.97. The van der Waals surface area contributed by atoms with E-state index in [9.17, 15) is 4.79 Å². The van der Waals surface area contributed by atoms with Gasteiger partial charge in [0.25, 0.3) is 0 Å². The molecule has 0 radical (unpaired) electrons. The minimum absolute atomic E-state index is 0.256. The Morgan fingerprint density at radius 2 is 2.00 bits per heavy atom. The molecule has 1 aliphatic heterocycles. The van der Waals surface area contributed by atoms with Gasteiger partial charge in [-0.25, -0.2) is 9.79 Å². The maximum Gasteiger partial charge on any atom is 0.363 e. The summed E-state index contributed by atoms with van der Waals surface area (Å²) >= 11 is 2.19. The molecule has 0 saturated heterocycles. The molecule has 0 amide bonds. The van der Waals surface area contributed by atoms with Gasteiger partial charge in [0.05, 0.1) is 19.3 Å². The van der Waals surface area contributed by atoms with E-state index in [4.69, 9.17) is 14.2 Å². The van der Waals surface area contributed by atoms with Gasteiger partial charge in [-0.2, -0.15) is 0 Å². The summed E-state index contributed by atoms with van der Waals surface area (Å²) in [7, 11) is 1.59. The van der Waals surface area contributed by atoms with Crippen molar-refractivity contribution >= 4 is 40.5 Å². The Morgan fingerprint density at radius 1 is 1.19 bits per heavy atom. The van der Waals surface area contributed by atoms with Gasteiger partial charge in [-0.1, -0.05) is 31.5 Å². The van der Waals surface area contributed by atoms with E-state index in [2.05, 4.69) is 34.5 Å². The van der Waals surface area contributed by atoms with Crippen LogP contribution in [-0.2, 0) is 9.53 Å². The Balaban J connectivity index is 1.85. The van der Waals surface area contributed by atoms with E-state index in [1.54, 1.807) is 13.2 Å². The van der Waals surface area contributed by atoms with Crippen LogP contribution in [0.2, 0.25) is 0 Å². The molecule has 0 bridgehead atoms. The van der Waals surface area contributed by atoms with Gasteiger partial charge in [-0.15, -0.1) is 0 Å². The molecule has 0 spiro atoms. The summed E-state index contributed by atoms with van der Waals surface area (Å²) < 4.78 is 17.5. The Labute approximate surface area is 172 Å². The van der Waals surface area contributed by atoms with Crippen LogP contribution in [0.3, 0.4) is 0 Å². The van der Waals surface area contributed by atoms with Crippen molar-refractivity contribution in [1.82, 2.24) is 0 Å². The summed E-state index contributed by atoms with van der Waals surface area (Å²) in [5, 5.41) is 0. The van der Waals surface area contributed by atoms with Crippen molar-refractivity contribution in [3.8, 4) is 11.5 Å². The van der Waals surface area contributed by atoms with Crippen LogP contribution >= 0.6 is 22.6 Å². The van der Waals surface area contributed by atoms with Crippen LogP contribution in [0.15, 0.2) is 53.2 Å². The van der Waals surface area contributed by atoms with Crippen molar-refractivity contribution in [2.24, 2.45) is 4.99 Å². The van der Waals surface area contributed by atoms with E-state index >= 15 is 0 Å². The van der Waals surface area contributed by atoms with Crippen LogP contribution in [0.5, 0.6) is 11.5 Å². The van der Waals surface area contributed by atoms with Crippen LogP contribution in [0, 0.1) is 3.57 Å². The molecule has 0 unspecified atom stereocenters. The minimum atomic E-state index is -0.466. The van der Waals surface area contributed by atoms with Gasteiger partial charge in [0.2, 0.25) is 5.90 Å². The summed E-state index contributed by atoms with van der Waals surface area (Å²) in [4.78, 5) is 16.6. The molecule has 5 nitrogen and oxygen atoms in total. The summed E-state index contributed by atoms with van der Waals surface area (Å²) in [5.41, 5.74) is 1.84. The highest BCUT2D eigenvalue weighted by Gasteiger charge is 2.25. The van der Waals surface area contributed by atoms with Gasteiger partial charge in [0, 0.05) is 3.57 Å². The molecule has 0 aliphatic carbocycles. The summed E-state index contributed by atoms with van der Waals surface area (Å²) in [6, 6.07) is 13.2. The van der Waals surface area contributed by atoms with E-state index in [0.717, 1.165) is 27.5 Å². The maximum absolute atomic E-state index is 12.2. The molecule has 2 aromatic carbocycles. The number of hydrogen-bond donors (Lipinski definition) is 0. The number of cyclic esters (lactones) is 1. The summed E-state index contributed by atoms with van der Waals surface area (Å²) in [6.07, 6.45) is 3.73. The minimum Gasteiger partial charge on any atom is -0.493 e. The Bertz CT molecular complexity index is 905. The van der Waals surface area contributed by atoms with Crippen molar-refractivity contribution < 1.29 is 19.0 Å². The van der Waals surface area contributed by atoms with Gasteiger partial charge in [0.1, 0.15) is 0 Å². The average Bonchev–Trinajstić information content (AvgIpc) is 3.03. The molecular formula is C21H20INO4. The number of rotatable bonds is 7. The summed E-state index contributed by atoms with van der Waals surface area (Å²) in [6.45, 7) is 2.75. The van der Waals surface area contributed by atoms with E-state index in [-0.39, 0.29) is 5.70 Å². The summed E-state index contributed by atoms with van der Waals surface area (Å²) in [5.74, 6) is 1.16. The first-order chi connectivity index (χ1) is 13.1. The number of unbranched alkanes of at least 4 members (excludes halogenated alkanes) is 1. The molecule has 27 heavy (non-hydrogen) atoms. The SMILES string of the molecule is CCCCOc1ccc(C=C2N=C(c3ccccc3I)OC2=O)cc1OC. The van der Waals surface area contributed by atoms with Gasteiger partial charge >= 0.3 is 5.97 Å². The Kier molecular flexibility index (Phi) is 6.49. The quantitative estimate of drug-likeness (QED) is 0.248. The molecule has 0 atom stereocenters. The number of hydrogen-bond acceptors (Lipinski definition) is 5. The van der Waals surface area contributed by atoms with E-state index in [0.29, 0.717) is 24.0 Å². The fourth-order valence-corrected chi connectivity index (χ4v) is 3.15. The molecule has 1 aliphatic rings. The zero-order chi connectivity index (χ0) is 19.2. The maximum atomic E-state index is 12.2. The van der Waals surface area contributed by atoms with Crippen LogP contribution < -0.4 is 9.47 Å². The number of ether oxygens (including phenoxy) is 3. The van der Waals surface area contributed by atoms with Crippen molar-refractivity contribution in [1.29, 1.82) is 0 Å². The standard InChI is InChI=1S/C21H20INO4/c1-3-4-11-26-18-10-9-14(13-19(18)25-2)12-17-21(24)27-20(23-17)15-7-5-6-8-16(15)22/h5-10,12-13H,3-4,11H2,1-2H3. The number of aliphatic imine (C=N–C) groups is 1. The Hall–Kier alpha value is -2.35. The number of nitrogens with zero attached hydrogens (tertiary/aromatic N) is 1. The Morgan fingerprint density at radius 3 is 2.74 bits per heavy atom. The first kappa shape index (κ1) is 19.4. The number of benzene rings is 2. The topological polar surface area (TPSA) is 57.1 Å². The molecule has 0 aromatic heterocycles. The molecule has 3 rings (SSSR count). The molecule has 1 heterocycles. The first-order valence-corrected chi connectivity index (χ1v) is 9.78. The number of carbonyl (C=O) groups excluding carboxylic acids is 1. The zero-order valence-electron chi connectivity index (χ0n) is 15.2. The molecule has 2 aromatic rings. The number of methoxy groups -OCH3 is 1. The highest BCUT2D eigenvalue weighted by atomic mass is 127. The molecule has 140 valence electrons. The molecule has 6 heteroatoms. The second-order valence-corrected chi connectivity index (χ2v) is 7.09. The fourth-order valence-electron chi connectivity index (χ4n) is 2.54. The second-order valence-electron chi connectivity index (χ2n) is 5.93. The lowest BCUT2D eigenvalue weighted by atomic mass is 10.1. The van der Waals surface area contributed by atoms with E-state index < -0.39 is 5.97 Å². The van der Waals surface area contributed by atoms with Crippen molar-refractivity contribution in [3.63, 3.8) is 0 Å². The largest absolute Gasteiger partial charge is 0.493 e. The highest BCUT2D eigenvalue weighted by molar-refractivity contribution is 14.1. The lowest BCUT2D eigenvalue weighted by molar-refractivity contribution is -0.129. The van der Waals surface area contributed by atoms with Crippen molar-refractivity contribution in [2.75, 3.05) is 13.7 Å². The van der Waals surface area contributed by atoms with Crippen LogP contribution in [0.25, 0.3) is 6.08 Å². The normalized spacial score (nSPS) is 14.9. The second kappa shape index (κ2) is 9.03. The van der Waals surface area contributed by atoms with Crippen LogP contribution in [0.4, 0.5) is 0 Å². The predicted octanol–water partition coefficient (Wildman–Crippen LogP) is 4.82. The van der Waals surface area contributed by atoms with Gasteiger partial charge < -0.3 is 14.2 Å². The predicted molar refractivity (Wildman–Crippen MR) is 113 cm³/mol. The zero-order valence-corrected chi connectivity index (χ0v) is 17.4. The lowest BCUT2D eigenvalue weighted by Crippen LogP contribution is -2.06. The highest BCUT2D eigenvalue weighted by Crippen LogP contribution is 2.30. The first-order valence-electron chi connectivity index (χ1n) is 8.70. The molecular weight excluding hydrogens is 457 g/mol. The smallest absolute Gasteiger partial charge is 0.363 e. The molecule has 0 saturated carbocycles. The van der Waals surface area contributed by atoms with Crippen LogP contribution in [-0.4, -0.2) is 25.6 Å². The third-order valence-corrected chi connectivity index (χ3v) is 4.91. The van der Waals surface area contributed by atoms with Gasteiger partial charge in [0.15, 0.2) is 17.2 Å². The van der Waals surface area contributed by atoms with Crippen LogP contribution in [0.1, 0.15) is 30.9 Å². The van der Waals surface area contributed by atoms with E-state index in [1.807, 2.05) is 42.5 Å². The van der Waals surface area contributed by atoms with Gasteiger partial charge in [-0.05, 0) is 64.9 Å². The van der Waals surface area contributed by atoms with Crippen molar-refractivity contribution in [2.45, 2.75) is 19.8 Å². The number of halogens is 1. The third kappa shape index (κ3) is 4.68. The van der Waals surface area contributed by atoms with Gasteiger partial charge in [-0.3, -0.25) is 0 Å². The monoisotopic (exact) mass is 477 g/mol. The number of esters is 1. The fraction of sp³-hybridized carbons (Fsp3) is 0.238. The molecule has 0 fully saturated rings. The van der Waals surface area contributed by atoms with Crippen molar-refractivity contribution in [3.05, 3.63) is 62.9 Å². The number of carbonyl (C=O) groups is 1.